The van der Waals surface area contributed by atoms with Crippen LogP contribution >= 0.6 is 0 Å². The van der Waals surface area contributed by atoms with Crippen molar-refractivity contribution in [2.24, 2.45) is 5.92 Å². The number of hydrogen-bond donors (Lipinski definition) is 1. The van der Waals surface area contributed by atoms with Crippen molar-refractivity contribution in [2.75, 3.05) is 7.05 Å². The van der Waals surface area contributed by atoms with E-state index in [2.05, 4.69) is 19.2 Å². The monoisotopic (exact) mass is 208 g/mol. The van der Waals surface area contributed by atoms with E-state index in [0.29, 0.717) is 5.92 Å². The zero-order chi connectivity index (χ0) is 11.4. The van der Waals surface area contributed by atoms with E-state index in [9.17, 15) is 4.79 Å². The molecule has 0 bridgehead atoms. The summed E-state index contributed by atoms with van der Waals surface area (Å²) in [5.74, 6) is 0.489. The van der Waals surface area contributed by atoms with Gasteiger partial charge in [0.2, 0.25) is 0 Å². The second-order valence-corrected chi connectivity index (χ2v) is 4.33. The van der Waals surface area contributed by atoms with Crippen molar-refractivity contribution in [2.45, 2.75) is 33.4 Å². The molecule has 1 heterocycles. The molecule has 1 atom stereocenters. The van der Waals surface area contributed by atoms with Crippen molar-refractivity contribution in [3.63, 3.8) is 0 Å². The Labute approximate surface area is 91.1 Å². The Bertz CT molecular complexity index is 368. The minimum atomic E-state index is 0.108. The van der Waals surface area contributed by atoms with Crippen molar-refractivity contribution in [3.05, 3.63) is 34.2 Å². The van der Waals surface area contributed by atoms with Gasteiger partial charge in [0.1, 0.15) is 0 Å². The molecule has 1 N–H and O–H groups in total. The Balaban J connectivity index is 3.06. The van der Waals surface area contributed by atoms with E-state index in [1.54, 1.807) is 4.57 Å². The lowest BCUT2D eigenvalue weighted by atomic mass is 10.1. The average Bonchev–Trinajstić information content (AvgIpc) is 2.19. The van der Waals surface area contributed by atoms with Crippen molar-refractivity contribution in [3.8, 4) is 0 Å². The molecule has 0 radical (unpaired) electrons. The van der Waals surface area contributed by atoms with E-state index < -0.39 is 0 Å². The predicted octanol–water partition coefficient (Wildman–Crippen LogP) is 1.78. The Kier molecular flexibility index (Phi) is 4.09. The van der Waals surface area contributed by atoms with Gasteiger partial charge in [0, 0.05) is 24.3 Å². The molecule has 1 unspecified atom stereocenters. The lowest BCUT2D eigenvalue weighted by Crippen LogP contribution is -2.29. The van der Waals surface area contributed by atoms with Crippen LogP contribution in [-0.2, 0) is 6.54 Å². The molecule has 0 amide bonds. The average molecular weight is 208 g/mol. The van der Waals surface area contributed by atoms with Crippen molar-refractivity contribution in [1.29, 1.82) is 0 Å². The van der Waals surface area contributed by atoms with Crippen LogP contribution in [-0.4, -0.2) is 11.6 Å². The van der Waals surface area contributed by atoms with Gasteiger partial charge in [-0.25, -0.2) is 0 Å². The van der Waals surface area contributed by atoms with Crippen molar-refractivity contribution >= 4 is 0 Å². The maximum absolute atomic E-state index is 12.0. The quantitative estimate of drug-likeness (QED) is 0.818. The number of pyridine rings is 1. The fourth-order valence-corrected chi connectivity index (χ4v) is 1.58. The standard InChI is InChI=1S/C12H20N2O/c1-9(2)8-14-7-5-6-11(12(14)15)10(3)13-4/h5-7,9-10,13H,8H2,1-4H3. The highest BCUT2D eigenvalue weighted by Crippen LogP contribution is 2.06. The molecule has 1 aromatic heterocycles. The molecular formula is C12H20N2O. The van der Waals surface area contributed by atoms with Gasteiger partial charge in [-0.3, -0.25) is 4.79 Å². The highest BCUT2D eigenvalue weighted by Gasteiger charge is 2.09. The van der Waals surface area contributed by atoms with Gasteiger partial charge in [-0.05, 0) is 26.0 Å². The molecule has 15 heavy (non-hydrogen) atoms. The fraction of sp³-hybridized carbons (Fsp3) is 0.583. The first-order valence-corrected chi connectivity index (χ1v) is 5.43. The zero-order valence-corrected chi connectivity index (χ0v) is 9.95. The maximum atomic E-state index is 12.0. The second-order valence-electron chi connectivity index (χ2n) is 4.33. The molecule has 0 aliphatic rings. The second kappa shape index (κ2) is 5.12. The van der Waals surface area contributed by atoms with Crippen LogP contribution in [0.2, 0.25) is 0 Å². The minimum Gasteiger partial charge on any atom is -0.315 e. The first kappa shape index (κ1) is 12.0. The van der Waals surface area contributed by atoms with E-state index in [4.69, 9.17) is 0 Å². The molecule has 0 aliphatic heterocycles. The fourth-order valence-electron chi connectivity index (χ4n) is 1.58. The smallest absolute Gasteiger partial charge is 0.255 e. The molecule has 3 nitrogen and oxygen atoms in total. The summed E-state index contributed by atoms with van der Waals surface area (Å²) in [7, 11) is 1.86. The summed E-state index contributed by atoms with van der Waals surface area (Å²) < 4.78 is 1.79. The van der Waals surface area contributed by atoms with Gasteiger partial charge in [0.05, 0.1) is 0 Å². The van der Waals surface area contributed by atoms with Crippen LogP contribution < -0.4 is 10.9 Å². The summed E-state index contributed by atoms with van der Waals surface area (Å²) >= 11 is 0. The third kappa shape index (κ3) is 2.93. The van der Waals surface area contributed by atoms with E-state index >= 15 is 0 Å². The number of nitrogens with zero attached hydrogens (tertiary/aromatic N) is 1. The van der Waals surface area contributed by atoms with Crippen molar-refractivity contribution in [1.82, 2.24) is 9.88 Å². The van der Waals surface area contributed by atoms with Crippen LogP contribution in [0.25, 0.3) is 0 Å². The Hall–Kier alpha value is -1.09. The van der Waals surface area contributed by atoms with E-state index in [1.807, 2.05) is 32.3 Å². The highest BCUT2D eigenvalue weighted by molar-refractivity contribution is 5.14. The number of aromatic nitrogens is 1. The van der Waals surface area contributed by atoms with Crippen LogP contribution in [0.1, 0.15) is 32.4 Å². The van der Waals surface area contributed by atoms with Crippen LogP contribution in [0.5, 0.6) is 0 Å². The number of hydrogen-bond acceptors (Lipinski definition) is 2. The topological polar surface area (TPSA) is 34.0 Å². The Morgan fingerprint density at radius 1 is 1.40 bits per heavy atom. The summed E-state index contributed by atoms with van der Waals surface area (Å²) in [4.78, 5) is 12.0. The lowest BCUT2D eigenvalue weighted by Gasteiger charge is -2.13. The van der Waals surface area contributed by atoms with Crippen LogP contribution in [0, 0.1) is 5.92 Å². The first-order chi connectivity index (χ1) is 7.06. The van der Waals surface area contributed by atoms with E-state index in [-0.39, 0.29) is 11.6 Å². The molecule has 84 valence electrons. The van der Waals surface area contributed by atoms with Crippen LogP contribution in [0.3, 0.4) is 0 Å². The first-order valence-electron chi connectivity index (χ1n) is 5.43. The number of rotatable bonds is 4. The van der Waals surface area contributed by atoms with Gasteiger partial charge in [-0.15, -0.1) is 0 Å². The van der Waals surface area contributed by atoms with E-state index in [0.717, 1.165) is 12.1 Å². The summed E-state index contributed by atoms with van der Waals surface area (Å²) in [6.07, 6.45) is 1.86. The molecule has 1 aromatic rings. The molecule has 0 saturated carbocycles. The van der Waals surface area contributed by atoms with Gasteiger partial charge < -0.3 is 9.88 Å². The normalized spacial score (nSPS) is 13.1. The summed E-state index contributed by atoms with van der Waals surface area (Å²) in [6, 6.07) is 3.94. The lowest BCUT2D eigenvalue weighted by molar-refractivity contribution is 0.503. The minimum absolute atomic E-state index is 0.108. The third-order valence-corrected chi connectivity index (χ3v) is 2.51. The molecular weight excluding hydrogens is 188 g/mol. The van der Waals surface area contributed by atoms with Gasteiger partial charge in [0.25, 0.3) is 5.56 Å². The van der Waals surface area contributed by atoms with Crippen LogP contribution in [0.15, 0.2) is 23.1 Å². The molecule has 0 aliphatic carbocycles. The number of nitrogens with one attached hydrogen (secondary N) is 1. The SMILES string of the molecule is CNC(C)c1cccn(CC(C)C)c1=O. The summed E-state index contributed by atoms with van der Waals surface area (Å²) in [5, 5.41) is 3.09. The third-order valence-electron chi connectivity index (χ3n) is 2.51. The van der Waals surface area contributed by atoms with E-state index in [1.165, 1.54) is 0 Å². The summed E-state index contributed by atoms with van der Waals surface area (Å²) in [6.45, 7) is 7.00. The zero-order valence-electron chi connectivity index (χ0n) is 9.95. The molecule has 0 fully saturated rings. The maximum Gasteiger partial charge on any atom is 0.255 e. The largest absolute Gasteiger partial charge is 0.315 e. The Morgan fingerprint density at radius 3 is 2.60 bits per heavy atom. The molecule has 1 rings (SSSR count). The van der Waals surface area contributed by atoms with Gasteiger partial charge in [0.15, 0.2) is 0 Å². The molecule has 3 heteroatoms. The van der Waals surface area contributed by atoms with Crippen molar-refractivity contribution < 1.29 is 0 Å². The van der Waals surface area contributed by atoms with Gasteiger partial charge >= 0.3 is 0 Å². The summed E-state index contributed by atoms with van der Waals surface area (Å²) in [5.41, 5.74) is 0.953. The van der Waals surface area contributed by atoms with Gasteiger partial charge in [-0.1, -0.05) is 19.9 Å². The van der Waals surface area contributed by atoms with Crippen LogP contribution in [0.4, 0.5) is 0 Å². The molecule has 0 spiro atoms. The van der Waals surface area contributed by atoms with Gasteiger partial charge in [-0.2, -0.15) is 0 Å². The molecule has 0 aromatic carbocycles. The highest BCUT2D eigenvalue weighted by atomic mass is 16.1. The Morgan fingerprint density at radius 2 is 2.07 bits per heavy atom. The predicted molar refractivity (Wildman–Crippen MR) is 63.0 cm³/mol. The molecule has 0 saturated heterocycles.